The zero-order valence-corrected chi connectivity index (χ0v) is 16.4. The topological polar surface area (TPSA) is 75.7 Å². The molecule has 2 aromatic carbocycles. The highest BCUT2D eigenvalue weighted by atomic mass is 32.2. The van der Waals surface area contributed by atoms with Crippen molar-refractivity contribution in [3.05, 3.63) is 59.2 Å². The van der Waals surface area contributed by atoms with Crippen LogP contribution in [0.1, 0.15) is 34.8 Å². The molecule has 0 radical (unpaired) electrons. The Bertz CT molecular complexity index is 941. The fourth-order valence-corrected chi connectivity index (χ4v) is 4.68. The number of carbonyl (C=O) groups is 1. The van der Waals surface area contributed by atoms with Crippen LogP contribution in [0.15, 0.2) is 42.5 Å². The minimum Gasteiger partial charge on any atom is -0.497 e. The SMILES string of the molecule is CCCS(=O)(=O)N1CCc2ccc(NC(=O)c3cccc(OC)c3)cc2C1. The van der Waals surface area contributed by atoms with E-state index in [9.17, 15) is 13.2 Å². The number of nitrogens with one attached hydrogen (secondary N) is 1. The Kier molecular flexibility index (Phi) is 5.82. The smallest absolute Gasteiger partial charge is 0.255 e. The number of hydrogen-bond donors (Lipinski definition) is 1. The van der Waals surface area contributed by atoms with E-state index in [0.717, 1.165) is 11.1 Å². The molecule has 0 saturated carbocycles. The van der Waals surface area contributed by atoms with E-state index in [1.807, 2.05) is 25.1 Å². The van der Waals surface area contributed by atoms with Gasteiger partial charge in [0.25, 0.3) is 5.91 Å². The largest absolute Gasteiger partial charge is 0.497 e. The third kappa shape index (κ3) is 4.48. The number of ether oxygens (including phenoxy) is 1. The molecule has 7 heteroatoms. The molecule has 0 spiro atoms. The fourth-order valence-electron chi connectivity index (χ4n) is 3.20. The third-order valence-corrected chi connectivity index (χ3v) is 6.65. The van der Waals surface area contributed by atoms with Crippen LogP contribution in [0, 0.1) is 0 Å². The van der Waals surface area contributed by atoms with Crippen LogP contribution >= 0.6 is 0 Å². The Balaban J connectivity index is 1.77. The van der Waals surface area contributed by atoms with E-state index in [4.69, 9.17) is 4.74 Å². The quantitative estimate of drug-likeness (QED) is 0.825. The van der Waals surface area contributed by atoms with Crippen molar-refractivity contribution in [3.63, 3.8) is 0 Å². The molecule has 0 aliphatic carbocycles. The Morgan fingerprint density at radius 2 is 2.00 bits per heavy atom. The zero-order valence-electron chi connectivity index (χ0n) is 15.6. The van der Waals surface area contributed by atoms with Crippen molar-refractivity contribution in [1.29, 1.82) is 0 Å². The molecule has 0 aromatic heterocycles. The maximum atomic E-state index is 12.5. The molecule has 6 nitrogen and oxygen atoms in total. The first kappa shape index (κ1) is 19.4. The lowest BCUT2D eigenvalue weighted by molar-refractivity contribution is 0.102. The predicted octanol–water partition coefficient (Wildman–Crippen LogP) is 3.05. The molecule has 2 aromatic rings. The van der Waals surface area contributed by atoms with E-state index in [1.54, 1.807) is 31.4 Å². The molecule has 1 heterocycles. The number of nitrogens with zero attached hydrogens (tertiary/aromatic N) is 1. The Morgan fingerprint density at radius 1 is 1.19 bits per heavy atom. The lowest BCUT2D eigenvalue weighted by Crippen LogP contribution is -2.37. The number of anilines is 1. The van der Waals surface area contributed by atoms with Crippen molar-refractivity contribution in [2.75, 3.05) is 24.7 Å². The highest BCUT2D eigenvalue weighted by Gasteiger charge is 2.26. The summed E-state index contributed by atoms with van der Waals surface area (Å²) in [5.74, 6) is 0.541. The molecule has 3 rings (SSSR count). The number of fused-ring (bicyclic) bond motifs is 1. The van der Waals surface area contributed by atoms with Crippen molar-refractivity contribution < 1.29 is 17.9 Å². The van der Waals surface area contributed by atoms with Crippen molar-refractivity contribution in [1.82, 2.24) is 4.31 Å². The second-order valence-electron chi connectivity index (χ2n) is 6.57. The van der Waals surface area contributed by atoms with E-state index >= 15 is 0 Å². The summed E-state index contributed by atoms with van der Waals surface area (Å²) >= 11 is 0. The van der Waals surface area contributed by atoms with Gasteiger partial charge in [0.05, 0.1) is 12.9 Å². The number of rotatable bonds is 6. The van der Waals surface area contributed by atoms with Crippen LogP contribution < -0.4 is 10.1 Å². The number of amides is 1. The Morgan fingerprint density at radius 3 is 2.74 bits per heavy atom. The lowest BCUT2D eigenvalue weighted by Gasteiger charge is -2.28. The van der Waals surface area contributed by atoms with Crippen molar-refractivity contribution in [2.45, 2.75) is 26.3 Å². The second kappa shape index (κ2) is 8.10. The summed E-state index contributed by atoms with van der Waals surface area (Å²) in [5, 5.41) is 2.88. The molecule has 1 N–H and O–H groups in total. The summed E-state index contributed by atoms with van der Waals surface area (Å²) < 4.78 is 31.4. The Labute approximate surface area is 160 Å². The minimum absolute atomic E-state index is 0.161. The van der Waals surface area contributed by atoms with Gasteiger partial charge in [-0.15, -0.1) is 0 Å². The van der Waals surface area contributed by atoms with Crippen molar-refractivity contribution >= 4 is 21.6 Å². The minimum atomic E-state index is -3.23. The third-order valence-electron chi connectivity index (χ3n) is 4.63. The number of hydrogen-bond acceptors (Lipinski definition) is 4. The first-order valence-corrected chi connectivity index (χ1v) is 10.6. The van der Waals surface area contributed by atoms with Crippen LogP contribution in [0.4, 0.5) is 5.69 Å². The summed E-state index contributed by atoms with van der Waals surface area (Å²) in [6.07, 6.45) is 1.28. The maximum absolute atomic E-state index is 12.5. The van der Waals surface area contributed by atoms with Crippen LogP contribution in [0.25, 0.3) is 0 Å². The molecule has 144 valence electrons. The first-order valence-electron chi connectivity index (χ1n) is 8.98. The first-order chi connectivity index (χ1) is 12.9. The van der Waals surface area contributed by atoms with Gasteiger partial charge in [0.2, 0.25) is 10.0 Å². The highest BCUT2D eigenvalue weighted by Crippen LogP contribution is 2.25. The zero-order chi connectivity index (χ0) is 19.4. The molecule has 1 amide bonds. The van der Waals surface area contributed by atoms with Gasteiger partial charge in [-0.05, 0) is 54.3 Å². The molecule has 0 unspecified atom stereocenters. The number of sulfonamides is 1. The van der Waals surface area contributed by atoms with Crippen molar-refractivity contribution in [2.24, 2.45) is 0 Å². The Hall–Kier alpha value is -2.38. The van der Waals surface area contributed by atoms with Crippen LogP contribution in [0.2, 0.25) is 0 Å². The predicted molar refractivity (Wildman–Crippen MR) is 106 cm³/mol. The van der Waals surface area contributed by atoms with Crippen LogP contribution in [0.3, 0.4) is 0 Å². The maximum Gasteiger partial charge on any atom is 0.255 e. The van der Waals surface area contributed by atoms with Crippen molar-refractivity contribution in [3.8, 4) is 5.75 Å². The molecule has 27 heavy (non-hydrogen) atoms. The van der Waals surface area contributed by atoms with Gasteiger partial charge >= 0.3 is 0 Å². The van der Waals surface area contributed by atoms with Gasteiger partial charge < -0.3 is 10.1 Å². The lowest BCUT2D eigenvalue weighted by atomic mass is 10.0. The van der Waals surface area contributed by atoms with E-state index in [-0.39, 0.29) is 11.7 Å². The normalized spacial score (nSPS) is 14.4. The summed E-state index contributed by atoms with van der Waals surface area (Å²) in [6.45, 7) is 2.72. The monoisotopic (exact) mass is 388 g/mol. The molecule has 0 atom stereocenters. The van der Waals surface area contributed by atoms with Crippen LogP contribution in [-0.2, 0) is 23.0 Å². The fraction of sp³-hybridized carbons (Fsp3) is 0.350. The van der Waals surface area contributed by atoms with Crippen LogP contribution in [0.5, 0.6) is 5.75 Å². The number of carbonyl (C=O) groups excluding carboxylic acids is 1. The summed E-state index contributed by atoms with van der Waals surface area (Å²) in [4.78, 5) is 12.5. The standard InChI is InChI=1S/C20H24N2O4S/c1-3-11-27(24,25)22-10-9-15-7-8-18(12-17(15)14-22)21-20(23)16-5-4-6-19(13-16)26-2/h4-8,12-13H,3,9-11,14H2,1-2H3,(H,21,23). The summed E-state index contributed by atoms with van der Waals surface area (Å²) in [6, 6.07) is 12.6. The van der Waals surface area contributed by atoms with E-state index in [2.05, 4.69) is 5.32 Å². The molecular weight excluding hydrogens is 364 g/mol. The molecule has 0 saturated heterocycles. The molecule has 1 aliphatic rings. The van der Waals surface area contributed by atoms with Gasteiger partial charge in [0, 0.05) is 24.3 Å². The molecule has 0 bridgehead atoms. The van der Waals surface area contributed by atoms with Gasteiger partial charge in [-0.2, -0.15) is 4.31 Å². The average molecular weight is 388 g/mol. The van der Waals surface area contributed by atoms with Gasteiger partial charge in [-0.1, -0.05) is 19.1 Å². The van der Waals surface area contributed by atoms with E-state index in [1.165, 1.54) is 4.31 Å². The highest BCUT2D eigenvalue weighted by molar-refractivity contribution is 7.89. The number of benzene rings is 2. The van der Waals surface area contributed by atoms with E-state index in [0.29, 0.717) is 42.9 Å². The average Bonchev–Trinajstić information content (AvgIpc) is 2.67. The summed E-state index contributed by atoms with van der Waals surface area (Å²) in [5.41, 5.74) is 3.21. The molecule has 0 fully saturated rings. The van der Waals surface area contributed by atoms with Gasteiger partial charge in [-0.3, -0.25) is 4.79 Å². The van der Waals surface area contributed by atoms with Gasteiger partial charge in [0.1, 0.15) is 5.75 Å². The van der Waals surface area contributed by atoms with E-state index < -0.39 is 10.0 Å². The number of methoxy groups -OCH3 is 1. The second-order valence-corrected chi connectivity index (χ2v) is 8.66. The summed E-state index contributed by atoms with van der Waals surface area (Å²) in [7, 11) is -1.68. The van der Waals surface area contributed by atoms with Gasteiger partial charge in [-0.25, -0.2) is 8.42 Å². The molecular formula is C20H24N2O4S. The van der Waals surface area contributed by atoms with Crippen LogP contribution in [-0.4, -0.2) is 38.0 Å². The van der Waals surface area contributed by atoms with Gasteiger partial charge in [0.15, 0.2) is 0 Å². The molecule has 1 aliphatic heterocycles.